The Morgan fingerprint density at radius 2 is 1.94 bits per heavy atom. The third-order valence-electron chi connectivity index (χ3n) is 2.37. The molecule has 0 radical (unpaired) electrons. The summed E-state index contributed by atoms with van der Waals surface area (Å²) in [5.41, 5.74) is 12.2. The molecule has 0 aliphatic rings. The van der Waals surface area contributed by atoms with E-state index in [9.17, 15) is 13.2 Å². The van der Waals surface area contributed by atoms with Crippen LogP contribution in [0, 0.1) is 13.8 Å². The average Bonchev–Trinajstić information content (AvgIpc) is 2.20. The van der Waals surface area contributed by atoms with Gasteiger partial charge in [0.25, 0.3) is 0 Å². The van der Waals surface area contributed by atoms with Crippen molar-refractivity contribution in [3.63, 3.8) is 0 Å². The molecule has 94 valence electrons. The highest BCUT2D eigenvalue weighted by molar-refractivity contribution is 7.89. The number of nitrogens with one attached hydrogen (secondary N) is 1. The first-order valence-corrected chi connectivity index (χ1v) is 6.37. The minimum absolute atomic E-state index is 0.0660. The van der Waals surface area contributed by atoms with Gasteiger partial charge in [-0.2, -0.15) is 0 Å². The summed E-state index contributed by atoms with van der Waals surface area (Å²) in [5.74, 6) is -0.744. The number of carbonyl (C=O) groups is 1. The number of carbonyl (C=O) groups excluding carboxylic acids is 1. The topological polar surface area (TPSA) is 115 Å². The Morgan fingerprint density at radius 3 is 2.47 bits per heavy atom. The predicted octanol–water partition coefficient (Wildman–Crippen LogP) is -0.351. The molecule has 5 N–H and O–H groups in total. The van der Waals surface area contributed by atoms with Gasteiger partial charge >= 0.3 is 0 Å². The van der Waals surface area contributed by atoms with Crippen LogP contribution in [0.15, 0.2) is 17.0 Å². The first-order chi connectivity index (χ1) is 7.74. The van der Waals surface area contributed by atoms with E-state index in [1.54, 1.807) is 19.9 Å². The van der Waals surface area contributed by atoms with Gasteiger partial charge in [0.2, 0.25) is 15.9 Å². The lowest BCUT2D eigenvalue weighted by molar-refractivity contribution is -0.116. The van der Waals surface area contributed by atoms with Crippen molar-refractivity contribution >= 4 is 21.6 Å². The number of aryl methyl sites for hydroxylation is 1. The van der Waals surface area contributed by atoms with Crippen molar-refractivity contribution in [3.05, 3.63) is 23.3 Å². The smallest absolute Gasteiger partial charge is 0.241 e. The van der Waals surface area contributed by atoms with Gasteiger partial charge in [0, 0.05) is 5.69 Å². The van der Waals surface area contributed by atoms with E-state index in [0.717, 1.165) is 5.56 Å². The van der Waals surface area contributed by atoms with Gasteiger partial charge in [-0.15, -0.1) is 0 Å². The molecule has 0 saturated heterocycles. The lowest BCUT2D eigenvalue weighted by Gasteiger charge is -2.11. The van der Waals surface area contributed by atoms with Crippen molar-refractivity contribution in [3.8, 4) is 0 Å². The zero-order valence-electron chi connectivity index (χ0n) is 9.65. The normalized spacial score (nSPS) is 11.4. The number of nitrogens with two attached hydrogens (primary N) is 2. The maximum Gasteiger partial charge on any atom is 0.241 e. The zero-order valence-corrected chi connectivity index (χ0v) is 10.5. The van der Waals surface area contributed by atoms with Crippen LogP contribution in [0.4, 0.5) is 5.69 Å². The van der Waals surface area contributed by atoms with Crippen molar-refractivity contribution in [2.45, 2.75) is 18.7 Å². The molecule has 0 spiro atoms. The molecule has 0 atom stereocenters. The van der Waals surface area contributed by atoms with E-state index in [-0.39, 0.29) is 4.90 Å². The Bertz CT molecular complexity index is 552. The van der Waals surface area contributed by atoms with Gasteiger partial charge in [-0.3, -0.25) is 4.79 Å². The summed E-state index contributed by atoms with van der Waals surface area (Å²) in [6, 6.07) is 3.04. The second-order valence-electron chi connectivity index (χ2n) is 3.75. The van der Waals surface area contributed by atoms with Crippen LogP contribution >= 0.6 is 0 Å². The van der Waals surface area contributed by atoms with Crippen LogP contribution in [0.25, 0.3) is 0 Å². The van der Waals surface area contributed by atoms with Crippen molar-refractivity contribution in [2.75, 3.05) is 12.3 Å². The Kier molecular flexibility index (Phi) is 3.74. The fourth-order valence-electron chi connectivity index (χ4n) is 1.38. The van der Waals surface area contributed by atoms with Crippen molar-refractivity contribution in [1.82, 2.24) is 4.72 Å². The standard InChI is InChI=1S/C10H15N3O3S/c1-6-3-8(11)4-9(7(6)2)17(15,16)13-5-10(12)14/h3-4,13H,5,11H2,1-2H3,(H2,12,14). The molecule has 0 saturated carbocycles. The quantitative estimate of drug-likeness (QED) is 0.639. The molecule has 7 heteroatoms. The fraction of sp³-hybridized carbons (Fsp3) is 0.300. The lowest BCUT2D eigenvalue weighted by Crippen LogP contribution is -2.33. The van der Waals surface area contributed by atoms with Gasteiger partial charge in [0.1, 0.15) is 0 Å². The van der Waals surface area contributed by atoms with E-state index >= 15 is 0 Å². The molecule has 1 aromatic rings. The number of hydrogen-bond donors (Lipinski definition) is 3. The van der Waals surface area contributed by atoms with Gasteiger partial charge in [-0.1, -0.05) is 0 Å². The van der Waals surface area contributed by atoms with Crippen molar-refractivity contribution < 1.29 is 13.2 Å². The van der Waals surface area contributed by atoms with Crippen molar-refractivity contribution in [2.24, 2.45) is 5.73 Å². The molecule has 0 aliphatic heterocycles. The zero-order chi connectivity index (χ0) is 13.2. The maximum absolute atomic E-state index is 11.9. The number of hydrogen-bond acceptors (Lipinski definition) is 4. The summed E-state index contributed by atoms with van der Waals surface area (Å²) >= 11 is 0. The number of amides is 1. The molecule has 17 heavy (non-hydrogen) atoms. The Morgan fingerprint density at radius 1 is 1.35 bits per heavy atom. The molecule has 0 aromatic heterocycles. The monoisotopic (exact) mass is 257 g/mol. The average molecular weight is 257 g/mol. The van der Waals surface area contributed by atoms with Crippen LogP contribution < -0.4 is 16.2 Å². The summed E-state index contributed by atoms with van der Waals surface area (Å²) in [7, 11) is -3.76. The molecular formula is C10H15N3O3S. The highest BCUT2D eigenvalue weighted by Gasteiger charge is 2.18. The van der Waals surface area contributed by atoms with E-state index < -0.39 is 22.5 Å². The highest BCUT2D eigenvalue weighted by atomic mass is 32.2. The van der Waals surface area contributed by atoms with E-state index in [2.05, 4.69) is 4.72 Å². The second kappa shape index (κ2) is 4.72. The van der Waals surface area contributed by atoms with Crippen LogP contribution in [0.3, 0.4) is 0 Å². The Hall–Kier alpha value is -1.60. The summed E-state index contributed by atoms with van der Waals surface area (Å²) < 4.78 is 25.9. The van der Waals surface area contributed by atoms with Gasteiger partial charge < -0.3 is 11.5 Å². The van der Waals surface area contributed by atoms with Gasteiger partial charge in [0.05, 0.1) is 11.4 Å². The lowest BCUT2D eigenvalue weighted by atomic mass is 10.1. The molecule has 1 rings (SSSR count). The number of anilines is 1. The molecule has 0 aliphatic carbocycles. The fourth-order valence-corrected chi connectivity index (χ4v) is 2.72. The molecular weight excluding hydrogens is 242 g/mol. The molecule has 6 nitrogen and oxygen atoms in total. The summed E-state index contributed by atoms with van der Waals surface area (Å²) in [5, 5.41) is 0. The SMILES string of the molecule is Cc1cc(N)cc(S(=O)(=O)NCC(N)=O)c1C. The van der Waals surface area contributed by atoms with Crippen LogP contribution in [0.1, 0.15) is 11.1 Å². The Balaban J connectivity index is 3.19. The van der Waals surface area contributed by atoms with Crippen molar-refractivity contribution in [1.29, 1.82) is 0 Å². The van der Waals surface area contributed by atoms with Crippen LogP contribution in [0.2, 0.25) is 0 Å². The Labute approximate surface area is 100 Å². The van der Waals surface area contributed by atoms with Gasteiger partial charge in [-0.25, -0.2) is 13.1 Å². The summed E-state index contributed by atoms with van der Waals surface area (Å²) in [6.07, 6.45) is 0. The molecule has 0 fully saturated rings. The largest absolute Gasteiger partial charge is 0.399 e. The molecule has 0 bridgehead atoms. The summed E-state index contributed by atoms with van der Waals surface area (Å²) in [4.78, 5) is 10.6. The van der Waals surface area contributed by atoms with Gasteiger partial charge in [-0.05, 0) is 37.1 Å². The van der Waals surface area contributed by atoms with Crippen LogP contribution in [0.5, 0.6) is 0 Å². The molecule has 0 heterocycles. The number of nitrogen functional groups attached to an aromatic ring is 1. The first kappa shape index (κ1) is 13.5. The van der Waals surface area contributed by atoms with E-state index in [1.165, 1.54) is 6.07 Å². The van der Waals surface area contributed by atoms with E-state index in [0.29, 0.717) is 11.3 Å². The molecule has 1 aromatic carbocycles. The predicted molar refractivity (Wildman–Crippen MR) is 64.7 cm³/mol. The van der Waals surface area contributed by atoms with Crippen LogP contribution in [-0.2, 0) is 14.8 Å². The minimum Gasteiger partial charge on any atom is -0.399 e. The first-order valence-electron chi connectivity index (χ1n) is 4.88. The van der Waals surface area contributed by atoms with Crippen LogP contribution in [-0.4, -0.2) is 20.9 Å². The van der Waals surface area contributed by atoms with E-state index in [1.807, 2.05) is 0 Å². The molecule has 0 unspecified atom stereocenters. The minimum atomic E-state index is -3.76. The second-order valence-corrected chi connectivity index (χ2v) is 5.49. The molecule has 1 amide bonds. The number of rotatable bonds is 4. The number of benzene rings is 1. The number of primary amides is 1. The maximum atomic E-state index is 11.9. The third kappa shape index (κ3) is 3.18. The van der Waals surface area contributed by atoms with Gasteiger partial charge in [0.15, 0.2) is 0 Å². The summed E-state index contributed by atoms with van der Waals surface area (Å²) in [6.45, 7) is 3.00. The van der Waals surface area contributed by atoms with E-state index in [4.69, 9.17) is 11.5 Å². The third-order valence-corrected chi connectivity index (χ3v) is 3.90. The highest BCUT2D eigenvalue weighted by Crippen LogP contribution is 2.21. The number of sulfonamides is 1.